The quantitative estimate of drug-likeness (QED) is 0.832. The van der Waals surface area contributed by atoms with E-state index in [1.165, 1.54) is 6.07 Å². The van der Waals surface area contributed by atoms with E-state index >= 15 is 0 Å². The van der Waals surface area contributed by atoms with E-state index in [1.54, 1.807) is 31.4 Å². The summed E-state index contributed by atoms with van der Waals surface area (Å²) in [6, 6.07) is 6.39. The zero-order valence-corrected chi connectivity index (χ0v) is 17.2. The number of carbonyl (C=O) groups excluding carboxylic acids is 1. The predicted octanol–water partition coefficient (Wildman–Crippen LogP) is 3.14. The number of piperazine rings is 1. The van der Waals surface area contributed by atoms with Crippen molar-refractivity contribution in [3.8, 4) is 11.5 Å². The molecule has 1 atom stereocenters. The molecule has 8 heteroatoms. The molecular weight excluding hydrogens is 375 g/mol. The summed E-state index contributed by atoms with van der Waals surface area (Å²) >= 11 is 0. The van der Waals surface area contributed by atoms with E-state index in [9.17, 15) is 9.18 Å². The molecule has 1 fully saturated rings. The molecule has 29 heavy (non-hydrogen) atoms. The lowest BCUT2D eigenvalue weighted by atomic mass is 10.0. The van der Waals surface area contributed by atoms with Crippen LogP contribution in [0.3, 0.4) is 0 Å². The van der Waals surface area contributed by atoms with Crippen LogP contribution in [0, 0.1) is 12.7 Å². The highest BCUT2D eigenvalue weighted by Crippen LogP contribution is 2.35. The lowest BCUT2D eigenvalue weighted by molar-refractivity contribution is 0.191. The van der Waals surface area contributed by atoms with Crippen molar-refractivity contribution in [3.05, 3.63) is 47.4 Å². The number of carbonyl (C=O) groups is 1. The van der Waals surface area contributed by atoms with Crippen LogP contribution < -0.4 is 19.7 Å². The Labute approximate surface area is 170 Å². The van der Waals surface area contributed by atoms with Gasteiger partial charge in [0.25, 0.3) is 0 Å². The molecule has 1 saturated heterocycles. The molecule has 1 aromatic heterocycles. The highest BCUT2D eigenvalue weighted by Gasteiger charge is 2.25. The van der Waals surface area contributed by atoms with Gasteiger partial charge in [-0.2, -0.15) is 0 Å². The largest absolute Gasteiger partial charge is 0.493 e. The molecule has 1 N–H and O–H groups in total. The molecule has 0 saturated carbocycles. The first-order chi connectivity index (χ1) is 14.0. The number of nitrogens with zero attached hydrogens (tertiary/aromatic N) is 3. The normalized spacial score (nSPS) is 15.1. The van der Waals surface area contributed by atoms with E-state index in [-0.39, 0.29) is 17.9 Å². The maximum absolute atomic E-state index is 13.9. The number of rotatable bonds is 5. The van der Waals surface area contributed by atoms with Crippen molar-refractivity contribution in [3.63, 3.8) is 0 Å². The summed E-state index contributed by atoms with van der Waals surface area (Å²) in [6.45, 7) is 5.94. The minimum atomic E-state index is -0.344. The SMILES string of the molecule is COc1ccc(C(C)NC(=O)N2CCN(c3ncccc3F)CC2)c(C)c1OC. The van der Waals surface area contributed by atoms with Crippen molar-refractivity contribution >= 4 is 11.8 Å². The number of pyridine rings is 1. The van der Waals surface area contributed by atoms with E-state index in [0.717, 1.165) is 11.1 Å². The van der Waals surface area contributed by atoms with Gasteiger partial charge in [-0.05, 0) is 37.6 Å². The van der Waals surface area contributed by atoms with Crippen molar-refractivity contribution in [2.75, 3.05) is 45.3 Å². The summed E-state index contributed by atoms with van der Waals surface area (Å²) < 4.78 is 24.7. The Kier molecular flexibility index (Phi) is 6.41. The van der Waals surface area contributed by atoms with Crippen LogP contribution in [-0.4, -0.2) is 56.3 Å². The fraction of sp³-hybridized carbons (Fsp3) is 0.429. The van der Waals surface area contributed by atoms with E-state index in [2.05, 4.69) is 10.3 Å². The van der Waals surface area contributed by atoms with Crippen LogP contribution in [0.25, 0.3) is 0 Å². The Morgan fingerprint density at radius 1 is 1.17 bits per heavy atom. The summed E-state index contributed by atoms with van der Waals surface area (Å²) in [4.78, 5) is 20.4. The van der Waals surface area contributed by atoms with Crippen LogP contribution in [0.4, 0.5) is 15.0 Å². The second-order valence-electron chi connectivity index (χ2n) is 6.97. The third-order valence-electron chi connectivity index (χ3n) is 5.25. The van der Waals surface area contributed by atoms with E-state index in [0.29, 0.717) is 43.5 Å². The fourth-order valence-electron chi connectivity index (χ4n) is 3.65. The summed E-state index contributed by atoms with van der Waals surface area (Å²) in [7, 11) is 3.19. The number of aromatic nitrogens is 1. The molecule has 2 heterocycles. The molecular formula is C21H27FN4O3. The number of ether oxygens (including phenoxy) is 2. The minimum absolute atomic E-state index is 0.146. The number of amides is 2. The van der Waals surface area contributed by atoms with Gasteiger partial charge in [-0.1, -0.05) is 6.07 Å². The number of nitrogens with one attached hydrogen (secondary N) is 1. The molecule has 2 amide bonds. The molecule has 2 aromatic rings. The Morgan fingerprint density at radius 2 is 1.90 bits per heavy atom. The molecule has 1 aliphatic rings. The Morgan fingerprint density at radius 3 is 2.52 bits per heavy atom. The first-order valence-electron chi connectivity index (χ1n) is 9.58. The smallest absolute Gasteiger partial charge is 0.317 e. The highest BCUT2D eigenvalue weighted by molar-refractivity contribution is 5.75. The number of hydrogen-bond acceptors (Lipinski definition) is 5. The van der Waals surface area contributed by atoms with Gasteiger partial charge in [0.2, 0.25) is 0 Å². The standard InChI is InChI=1S/C21H27FN4O3/c1-14-16(7-8-18(28-3)19(14)29-4)15(2)24-21(27)26-12-10-25(11-13-26)20-17(22)6-5-9-23-20/h5-9,15H,10-13H2,1-4H3,(H,24,27). The van der Waals surface area contributed by atoms with Gasteiger partial charge in [0.15, 0.2) is 23.1 Å². The fourth-order valence-corrected chi connectivity index (χ4v) is 3.65. The van der Waals surface area contributed by atoms with Gasteiger partial charge in [-0.15, -0.1) is 0 Å². The molecule has 1 unspecified atom stereocenters. The van der Waals surface area contributed by atoms with Gasteiger partial charge in [-0.3, -0.25) is 0 Å². The first-order valence-corrected chi connectivity index (χ1v) is 9.58. The zero-order valence-electron chi connectivity index (χ0n) is 17.2. The van der Waals surface area contributed by atoms with Gasteiger partial charge < -0.3 is 24.6 Å². The maximum atomic E-state index is 13.9. The molecule has 0 spiro atoms. The van der Waals surface area contributed by atoms with Gasteiger partial charge in [0, 0.05) is 37.9 Å². The lowest BCUT2D eigenvalue weighted by Crippen LogP contribution is -2.52. The van der Waals surface area contributed by atoms with Gasteiger partial charge in [0.05, 0.1) is 20.3 Å². The van der Waals surface area contributed by atoms with E-state index in [4.69, 9.17) is 9.47 Å². The third kappa shape index (κ3) is 4.36. The van der Waals surface area contributed by atoms with Crippen LogP contribution >= 0.6 is 0 Å². The maximum Gasteiger partial charge on any atom is 0.317 e. The second kappa shape index (κ2) is 8.98. The molecule has 0 bridgehead atoms. The summed E-state index contributed by atoms with van der Waals surface area (Å²) in [5.74, 6) is 1.31. The molecule has 0 aliphatic carbocycles. The van der Waals surface area contributed by atoms with Crippen LogP contribution in [0.15, 0.2) is 30.5 Å². The van der Waals surface area contributed by atoms with Gasteiger partial charge in [0.1, 0.15) is 0 Å². The van der Waals surface area contributed by atoms with Crippen LogP contribution in [-0.2, 0) is 0 Å². The average molecular weight is 402 g/mol. The minimum Gasteiger partial charge on any atom is -0.493 e. The predicted molar refractivity (Wildman–Crippen MR) is 109 cm³/mol. The zero-order chi connectivity index (χ0) is 21.0. The lowest BCUT2D eigenvalue weighted by Gasteiger charge is -2.36. The molecule has 3 rings (SSSR count). The number of benzene rings is 1. The monoisotopic (exact) mass is 402 g/mol. The van der Waals surface area contributed by atoms with Crippen molar-refractivity contribution < 1.29 is 18.7 Å². The molecule has 156 valence electrons. The Hall–Kier alpha value is -3.03. The van der Waals surface area contributed by atoms with Gasteiger partial charge in [-0.25, -0.2) is 14.2 Å². The van der Waals surface area contributed by atoms with Crippen molar-refractivity contribution in [1.29, 1.82) is 0 Å². The first kappa shape index (κ1) is 20.7. The molecule has 1 aromatic carbocycles. The summed E-state index contributed by atoms with van der Waals surface area (Å²) in [6.07, 6.45) is 1.57. The topological polar surface area (TPSA) is 66.9 Å². The van der Waals surface area contributed by atoms with Gasteiger partial charge >= 0.3 is 6.03 Å². The number of hydrogen-bond donors (Lipinski definition) is 1. The Bertz CT molecular complexity index is 869. The summed E-state index contributed by atoms with van der Waals surface area (Å²) in [5, 5.41) is 3.04. The highest BCUT2D eigenvalue weighted by atomic mass is 19.1. The number of methoxy groups -OCH3 is 2. The van der Waals surface area contributed by atoms with E-state index < -0.39 is 0 Å². The molecule has 1 aliphatic heterocycles. The molecule has 0 radical (unpaired) electrons. The number of urea groups is 1. The van der Waals surface area contributed by atoms with Crippen molar-refractivity contribution in [1.82, 2.24) is 15.2 Å². The van der Waals surface area contributed by atoms with Crippen LogP contribution in [0.5, 0.6) is 11.5 Å². The van der Waals surface area contributed by atoms with Crippen molar-refractivity contribution in [2.24, 2.45) is 0 Å². The van der Waals surface area contributed by atoms with Crippen LogP contribution in [0.2, 0.25) is 0 Å². The van der Waals surface area contributed by atoms with Crippen molar-refractivity contribution in [2.45, 2.75) is 19.9 Å². The van der Waals surface area contributed by atoms with Crippen LogP contribution in [0.1, 0.15) is 24.1 Å². The molecule has 7 nitrogen and oxygen atoms in total. The Balaban J connectivity index is 1.62. The second-order valence-corrected chi connectivity index (χ2v) is 6.97. The number of halogens is 1. The van der Waals surface area contributed by atoms with E-state index in [1.807, 2.05) is 30.9 Å². The average Bonchev–Trinajstić information content (AvgIpc) is 2.73. The number of anilines is 1. The summed E-state index contributed by atoms with van der Waals surface area (Å²) in [5.41, 5.74) is 1.89. The third-order valence-corrected chi connectivity index (χ3v) is 5.25.